The van der Waals surface area contributed by atoms with Gasteiger partial charge in [-0.2, -0.15) is 0 Å². The number of anilines is 1. The fourth-order valence-corrected chi connectivity index (χ4v) is 2.55. The van der Waals surface area contributed by atoms with Gasteiger partial charge < -0.3 is 20.7 Å². The Morgan fingerprint density at radius 3 is 1.97 bits per heavy atom. The molecule has 1 aromatic carbocycles. The summed E-state index contributed by atoms with van der Waals surface area (Å²) in [5.41, 5.74) is 1.44. The van der Waals surface area contributed by atoms with Gasteiger partial charge in [0.25, 0.3) is 0 Å². The molecule has 0 saturated carbocycles. The third kappa shape index (κ3) is 8.64. The van der Waals surface area contributed by atoms with Gasteiger partial charge in [0, 0.05) is 11.7 Å². The van der Waals surface area contributed by atoms with E-state index in [0.29, 0.717) is 5.69 Å². The first-order valence-electron chi connectivity index (χ1n) is 10.1. The van der Waals surface area contributed by atoms with Crippen molar-refractivity contribution in [1.29, 1.82) is 0 Å². The molecule has 0 aliphatic rings. The lowest BCUT2D eigenvalue weighted by Gasteiger charge is -2.25. The third-order valence-corrected chi connectivity index (χ3v) is 4.29. The molecule has 0 radical (unpaired) electrons. The fourth-order valence-electron chi connectivity index (χ4n) is 2.55. The second-order valence-electron chi connectivity index (χ2n) is 8.22. The highest BCUT2D eigenvalue weighted by atomic mass is 16.5. The largest absolute Gasteiger partial charge is 0.461 e. The van der Waals surface area contributed by atoms with E-state index in [0.717, 1.165) is 5.56 Å². The summed E-state index contributed by atoms with van der Waals surface area (Å²) in [6, 6.07) is 6.17. The summed E-state index contributed by atoms with van der Waals surface area (Å²) in [6.45, 7) is 13.3. The second kappa shape index (κ2) is 11.6. The van der Waals surface area contributed by atoms with Crippen molar-refractivity contribution in [3.05, 3.63) is 29.8 Å². The number of hydrogen-bond donors (Lipinski definition) is 3. The molecule has 7 heteroatoms. The van der Waals surface area contributed by atoms with Gasteiger partial charge >= 0.3 is 5.97 Å². The number of esters is 1. The second-order valence-corrected chi connectivity index (χ2v) is 8.22. The number of hydrogen-bond acceptors (Lipinski definition) is 5. The molecule has 1 aromatic rings. The van der Waals surface area contributed by atoms with Crippen LogP contribution in [0, 0.1) is 11.8 Å². The Hall–Kier alpha value is -2.41. The Kier molecular flexibility index (Phi) is 9.81. The van der Waals surface area contributed by atoms with Crippen LogP contribution in [0.25, 0.3) is 0 Å². The van der Waals surface area contributed by atoms with E-state index < -0.39 is 6.04 Å². The molecule has 0 heterocycles. The molecule has 0 aliphatic heterocycles. The van der Waals surface area contributed by atoms with Crippen molar-refractivity contribution in [1.82, 2.24) is 10.6 Å². The fraction of sp³-hybridized carbons (Fsp3) is 0.591. The molecule has 1 rings (SSSR count). The molecule has 162 valence electrons. The molecule has 0 saturated heterocycles. The molecule has 0 spiro atoms. The maximum atomic E-state index is 12.5. The summed E-state index contributed by atoms with van der Waals surface area (Å²) >= 11 is 0. The predicted octanol–water partition coefficient (Wildman–Crippen LogP) is 2.85. The number of ether oxygens (including phenoxy) is 1. The van der Waals surface area contributed by atoms with Crippen molar-refractivity contribution in [3.63, 3.8) is 0 Å². The topological polar surface area (TPSA) is 96.5 Å². The highest BCUT2D eigenvalue weighted by Crippen LogP contribution is 2.12. The first kappa shape index (κ1) is 24.6. The van der Waals surface area contributed by atoms with Crippen LogP contribution in [0.3, 0.4) is 0 Å². The van der Waals surface area contributed by atoms with Gasteiger partial charge in [-0.25, -0.2) is 0 Å². The van der Waals surface area contributed by atoms with E-state index in [1.165, 1.54) is 0 Å². The van der Waals surface area contributed by atoms with Crippen molar-refractivity contribution in [2.75, 3.05) is 5.32 Å². The maximum absolute atomic E-state index is 12.5. The number of carbonyl (C=O) groups excluding carboxylic acids is 3. The van der Waals surface area contributed by atoms with Gasteiger partial charge in [0.15, 0.2) is 0 Å². The van der Waals surface area contributed by atoms with Crippen molar-refractivity contribution < 1.29 is 19.1 Å². The van der Waals surface area contributed by atoms with Crippen LogP contribution in [-0.4, -0.2) is 35.9 Å². The summed E-state index contributed by atoms with van der Waals surface area (Å²) in [5.74, 6) is -0.817. The minimum absolute atomic E-state index is 0.102. The van der Waals surface area contributed by atoms with Gasteiger partial charge in [-0.15, -0.1) is 0 Å². The van der Waals surface area contributed by atoms with Gasteiger partial charge in [0.1, 0.15) is 12.6 Å². The van der Waals surface area contributed by atoms with E-state index in [1.54, 1.807) is 45.0 Å². The summed E-state index contributed by atoms with van der Waals surface area (Å²) < 4.78 is 5.18. The molecule has 29 heavy (non-hydrogen) atoms. The Morgan fingerprint density at radius 2 is 1.48 bits per heavy atom. The normalized spacial score (nSPS) is 13.3. The Bertz CT molecular complexity index is 684. The third-order valence-electron chi connectivity index (χ3n) is 4.29. The number of benzene rings is 1. The van der Waals surface area contributed by atoms with E-state index >= 15 is 0 Å². The average molecular weight is 406 g/mol. The van der Waals surface area contributed by atoms with Gasteiger partial charge in [-0.3, -0.25) is 14.4 Å². The molecule has 7 nitrogen and oxygen atoms in total. The van der Waals surface area contributed by atoms with Crippen LogP contribution in [0.15, 0.2) is 24.3 Å². The van der Waals surface area contributed by atoms with Crippen LogP contribution in [-0.2, 0) is 25.7 Å². The maximum Gasteiger partial charge on any atom is 0.308 e. The molecular formula is C22H35N3O4. The molecule has 0 fully saturated rings. The Morgan fingerprint density at radius 1 is 0.897 bits per heavy atom. The van der Waals surface area contributed by atoms with Gasteiger partial charge in [0.2, 0.25) is 11.8 Å². The van der Waals surface area contributed by atoms with Gasteiger partial charge in [-0.05, 0) is 30.5 Å². The van der Waals surface area contributed by atoms with Crippen LogP contribution in [0.1, 0.15) is 54.0 Å². The van der Waals surface area contributed by atoms with E-state index in [2.05, 4.69) is 16.0 Å². The Balaban J connectivity index is 2.59. The highest BCUT2D eigenvalue weighted by molar-refractivity contribution is 5.97. The summed E-state index contributed by atoms with van der Waals surface area (Å²) in [6.07, 6.45) is 0. The number of nitrogens with one attached hydrogen (secondary N) is 3. The number of rotatable bonds is 10. The zero-order chi connectivity index (χ0) is 22.1. The lowest BCUT2D eigenvalue weighted by Crippen LogP contribution is -2.53. The van der Waals surface area contributed by atoms with Crippen LogP contribution in [0.2, 0.25) is 0 Å². The SMILES string of the molecule is CC(C)N[C@@H](C(=O)N[C@H](C)C(=O)Nc1ccc(COC(=O)C(C)C)cc1)C(C)C. The van der Waals surface area contributed by atoms with Gasteiger partial charge in [-0.1, -0.05) is 53.7 Å². The predicted molar refractivity (Wildman–Crippen MR) is 114 cm³/mol. The van der Waals surface area contributed by atoms with Crippen molar-refractivity contribution in [2.45, 2.75) is 73.2 Å². The molecule has 0 unspecified atom stereocenters. The zero-order valence-corrected chi connectivity index (χ0v) is 18.5. The average Bonchev–Trinajstić information content (AvgIpc) is 2.64. The molecule has 0 bridgehead atoms. The van der Waals surface area contributed by atoms with Crippen LogP contribution in [0.4, 0.5) is 5.69 Å². The number of carbonyl (C=O) groups is 3. The summed E-state index contributed by atoms with van der Waals surface area (Å²) in [7, 11) is 0. The lowest BCUT2D eigenvalue weighted by molar-refractivity contribution is -0.148. The Labute approximate surface area is 174 Å². The standard InChI is InChI=1S/C22H35N3O4/c1-13(2)19(23-15(5)6)21(27)24-16(7)20(26)25-18-10-8-17(9-11-18)12-29-22(28)14(3)4/h8-11,13-16,19,23H,12H2,1-7H3,(H,24,27)(H,25,26)/t16-,19-/m1/s1. The molecule has 2 amide bonds. The van der Waals surface area contributed by atoms with E-state index in [4.69, 9.17) is 4.74 Å². The molecular weight excluding hydrogens is 370 g/mol. The first-order valence-corrected chi connectivity index (χ1v) is 10.1. The minimum Gasteiger partial charge on any atom is -0.461 e. The van der Waals surface area contributed by atoms with Crippen LogP contribution in [0.5, 0.6) is 0 Å². The summed E-state index contributed by atoms with van der Waals surface area (Å²) in [4.78, 5) is 36.5. The minimum atomic E-state index is -0.676. The van der Waals surface area contributed by atoms with Crippen molar-refractivity contribution in [3.8, 4) is 0 Å². The molecule has 0 aliphatic carbocycles. The van der Waals surface area contributed by atoms with Crippen LogP contribution < -0.4 is 16.0 Å². The molecule has 3 N–H and O–H groups in total. The van der Waals surface area contributed by atoms with Crippen LogP contribution >= 0.6 is 0 Å². The monoisotopic (exact) mass is 405 g/mol. The highest BCUT2D eigenvalue weighted by Gasteiger charge is 2.25. The van der Waals surface area contributed by atoms with E-state index in [9.17, 15) is 14.4 Å². The summed E-state index contributed by atoms with van der Waals surface area (Å²) in [5, 5.41) is 8.78. The van der Waals surface area contributed by atoms with Crippen molar-refractivity contribution >= 4 is 23.5 Å². The molecule has 0 aromatic heterocycles. The lowest BCUT2D eigenvalue weighted by atomic mass is 10.0. The van der Waals surface area contributed by atoms with Gasteiger partial charge in [0.05, 0.1) is 12.0 Å². The smallest absolute Gasteiger partial charge is 0.308 e. The number of amides is 2. The van der Waals surface area contributed by atoms with E-state index in [-0.39, 0.29) is 48.3 Å². The first-order chi connectivity index (χ1) is 13.5. The molecule has 2 atom stereocenters. The van der Waals surface area contributed by atoms with E-state index in [1.807, 2.05) is 27.7 Å². The quantitative estimate of drug-likeness (QED) is 0.520. The van der Waals surface area contributed by atoms with Crippen molar-refractivity contribution in [2.24, 2.45) is 11.8 Å². The zero-order valence-electron chi connectivity index (χ0n) is 18.5.